The van der Waals surface area contributed by atoms with Crippen molar-refractivity contribution in [2.45, 2.75) is 24.9 Å². The Morgan fingerprint density at radius 1 is 1.07 bits per heavy atom. The maximum Gasteiger partial charge on any atom is 0.228 e. The molecule has 0 aliphatic carbocycles. The molecule has 0 aliphatic rings. The van der Waals surface area contributed by atoms with E-state index in [1.807, 2.05) is 0 Å². The second-order valence-corrected chi connectivity index (χ2v) is 6.89. The maximum absolute atomic E-state index is 13.3. The van der Waals surface area contributed by atoms with E-state index in [0.29, 0.717) is 23.3 Å². The number of aliphatic hydroxyl groups is 1. The minimum absolute atomic E-state index is 0.0622. The molecule has 0 fully saturated rings. The fraction of sp³-hybridized carbons (Fsp3) is 0.227. The van der Waals surface area contributed by atoms with Crippen LogP contribution in [-0.4, -0.2) is 17.6 Å². The molecule has 2 aromatic carbocycles. The third-order valence-electron chi connectivity index (χ3n) is 4.65. The highest BCUT2D eigenvalue weighted by Gasteiger charge is 2.27. The first-order valence-electron chi connectivity index (χ1n) is 8.89. The van der Waals surface area contributed by atoms with Crippen LogP contribution >= 0.6 is 0 Å². The molecular weight excluding hydrogens is 364 g/mol. The molecule has 0 bridgehead atoms. The predicted octanol–water partition coefficient (Wildman–Crippen LogP) is 3.91. The number of hydrogen-bond acceptors (Lipinski definition) is 3. The number of furan rings is 1. The van der Waals surface area contributed by atoms with E-state index < -0.39 is 17.3 Å². The van der Waals surface area contributed by atoms with E-state index in [1.54, 1.807) is 31.2 Å². The highest BCUT2D eigenvalue weighted by molar-refractivity contribution is 5.84. The van der Waals surface area contributed by atoms with Crippen LogP contribution in [0.4, 0.5) is 8.78 Å². The molecule has 3 rings (SSSR count). The van der Waals surface area contributed by atoms with Crippen LogP contribution < -0.4 is 5.32 Å². The molecule has 6 heteroatoms. The van der Waals surface area contributed by atoms with E-state index in [1.165, 1.54) is 42.7 Å². The van der Waals surface area contributed by atoms with Crippen molar-refractivity contribution in [3.05, 3.63) is 95.4 Å². The average Bonchev–Trinajstić information content (AvgIpc) is 3.19. The first-order chi connectivity index (χ1) is 13.3. The Hall–Kier alpha value is -2.99. The monoisotopic (exact) mass is 385 g/mol. The lowest BCUT2D eigenvalue weighted by molar-refractivity contribution is -0.123. The maximum atomic E-state index is 13.3. The summed E-state index contributed by atoms with van der Waals surface area (Å²) in [5.41, 5.74) is -0.253. The summed E-state index contributed by atoms with van der Waals surface area (Å²) in [6.07, 6.45) is 1.82. The van der Waals surface area contributed by atoms with Gasteiger partial charge in [0.2, 0.25) is 5.91 Å². The largest absolute Gasteiger partial charge is 0.469 e. The van der Waals surface area contributed by atoms with Crippen molar-refractivity contribution in [2.24, 2.45) is 0 Å². The quantitative estimate of drug-likeness (QED) is 0.648. The molecule has 146 valence electrons. The normalized spacial score (nSPS) is 14.3. The van der Waals surface area contributed by atoms with Crippen LogP contribution in [0.25, 0.3) is 0 Å². The lowest BCUT2D eigenvalue weighted by Gasteiger charge is -2.26. The summed E-state index contributed by atoms with van der Waals surface area (Å²) in [6, 6.07) is 14.7. The molecule has 2 atom stereocenters. The van der Waals surface area contributed by atoms with Crippen LogP contribution in [0.1, 0.15) is 29.7 Å². The number of hydrogen-bond donors (Lipinski definition) is 2. The Kier molecular flexibility index (Phi) is 5.90. The smallest absolute Gasteiger partial charge is 0.228 e. The molecule has 3 aromatic rings. The van der Waals surface area contributed by atoms with Gasteiger partial charge in [0.05, 0.1) is 18.7 Å². The topological polar surface area (TPSA) is 62.5 Å². The summed E-state index contributed by atoms with van der Waals surface area (Å²) < 4.78 is 31.7. The molecule has 1 amide bonds. The summed E-state index contributed by atoms with van der Waals surface area (Å²) in [6.45, 7) is 1.48. The van der Waals surface area contributed by atoms with Gasteiger partial charge in [0.1, 0.15) is 23.0 Å². The van der Waals surface area contributed by atoms with Gasteiger partial charge < -0.3 is 14.8 Å². The zero-order valence-corrected chi connectivity index (χ0v) is 15.4. The van der Waals surface area contributed by atoms with Crippen LogP contribution in [0.2, 0.25) is 0 Å². The van der Waals surface area contributed by atoms with Crippen molar-refractivity contribution in [2.75, 3.05) is 6.54 Å². The molecule has 0 aliphatic heterocycles. The van der Waals surface area contributed by atoms with E-state index in [0.717, 1.165) is 0 Å². The van der Waals surface area contributed by atoms with Gasteiger partial charge in [0.25, 0.3) is 0 Å². The van der Waals surface area contributed by atoms with E-state index in [2.05, 4.69) is 5.32 Å². The summed E-state index contributed by atoms with van der Waals surface area (Å²) >= 11 is 0. The Morgan fingerprint density at radius 3 is 2.25 bits per heavy atom. The lowest BCUT2D eigenvalue weighted by Crippen LogP contribution is -2.41. The number of halogens is 2. The molecular formula is C22H21F2NO3. The predicted molar refractivity (Wildman–Crippen MR) is 101 cm³/mol. The van der Waals surface area contributed by atoms with Crippen molar-refractivity contribution in [1.29, 1.82) is 0 Å². The Bertz CT molecular complexity index is 904. The molecule has 4 nitrogen and oxygen atoms in total. The van der Waals surface area contributed by atoms with Gasteiger partial charge in [-0.15, -0.1) is 0 Å². The highest BCUT2D eigenvalue weighted by atomic mass is 19.1. The minimum Gasteiger partial charge on any atom is -0.469 e. The van der Waals surface area contributed by atoms with Gasteiger partial charge >= 0.3 is 0 Å². The Labute approximate surface area is 161 Å². The van der Waals surface area contributed by atoms with Crippen LogP contribution in [0.5, 0.6) is 0 Å². The molecule has 2 N–H and O–H groups in total. The first-order valence-corrected chi connectivity index (χ1v) is 8.89. The number of amides is 1. The molecule has 28 heavy (non-hydrogen) atoms. The average molecular weight is 385 g/mol. The Balaban J connectivity index is 1.75. The van der Waals surface area contributed by atoms with Crippen LogP contribution in [0.15, 0.2) is 71.3 Å². The van der Waals surface area contributed by atoms with E-state index in [-0.39, 0.29) is 18.3 Å². The van der Waals surface area contributed by atoms with Crippen molar-refractivity contribution in [3.63, 3.8) is 0 Å². The summed E-state index contributed by atoms with van der Waals surface area (Å²) in [5.74, 6) is -1.12. The number of nitrogens with one attached hydrogen (secondary N) is 1. The highest BCUT2D eigenvalue weighted by Crippen LogP contribution is 2.24. The van der Waals surface area contributed by atoms with Crippen LogP contribution in [0.3, 0.4) is 0 Å². The van der Waals surface area contributed by atoms with Crippen molar-refractivity contribution in [1.82, 2.24) is 5.32 Å². The number of carbonyl (C=O) groups excluding carboxylic acids is 1. The van der Waals surface area contributed by atoms with Gasteiger partial charge in [-0.2, -0.15) is 0 Å². The Morgan fingerprint density at radius 2 is 1.68 bits per heavy atom. The zero-order chi connectivity index (χ0) is 20.1. The van der Waals surface area contributed by atoms with Crippen LogP contribution in [-0.2, 0) is 16.8 Å². The third kappa shape index (κ3) is 4.84. The molecule has 0 saturated heterocycles. The second-order valence-electron chi connectivity index (χ2n) is 6.89. The minimum atomic E-state index is -1.37. The molecule has 0 saturated carbocycles. The van der Waals surface area contributed by atoms with Gasteiger partial charge in [-0.3, -0.25) is 4.79 Å². The zero-order valence-electron chi connectivity index (χ0n) is 15.4. The molecule has 0 radical (unpaired) electrons. The first kappa shape index (κ1) is 19.8. The van der Waals surface area contributed by atoms with E-state index in [4.69, 9.17) is 4.42 Å². The summed E-state index contributed by atoms with van der Waals surface area (Å²) in [4.78, 5) is 12.9. The molecule has 2 unspecified atom stereocenters. The standard InChI is InChI=1S/C22H21F2NO3/c1-22(27,16-6-10-18(24)11-7-16)14-25-21(26)20(13-19-3-2-12-28-19)15-4-8-17(23)9-5-15/h2-12,20,27H,13-14H2,1H3,(H,25,26). The lowest BCUT2D eigenvalue weighted by atomic mass is 9.92. The van der Waals surface area contributed by atoms with Gasteiger partial charge in [0.15, 0.2) is 0 Å². The fourth-order valence-electron chi connectivity index (χ4n) is 2.98. The van der Waals surface area contributed by atoms with Crippen molar-refractivity contribution >= 4 is 5.91 Å². The summed E-state index contributed by atoms with van der Waals surface area (Å²) in [7, 11) is 0. The molecule has 0 spiro atoms. The number of rotatable bonds is 7. The molecule has 1 heterocycles. The van der Waals surface area contributed by atoms with Gasteiger partial charge in [-0.1, -0.05) is 24.3 Å². The van der Waals surface area contributed by atoms with Gasteiger partial charge in [-0.25, -0.2) is 8.78 Å². The summed E-state index contributed by atoms with van der Waals surface area (Å²) in [5, 5.41) is 13.4. The third-order valence-corrected chi connectivity index (χ3v) is 4.65. The van der Waals surface area contributed by atoms with E-state index >= 15 is 0 Å². The van der Waals surface area contributed by atoms with Crippen molar-refractivity contribution < 1.29 is 23.1 Å². The van der Waals surface area contributed by atoms with Crippen LogP contribution in [0, 0.1) is 11.6 Å². The van der Waals surface area contributed by atoms with E-state index in [9.17, 15) is 18.7 Å². The fourth-order valence-corrected chi connectivity index (χ4v) is 2.98. The SMILES string of the molecule is CC(O)(CNC(=O)C(Cc1ccco1)c1ccc(F)cc1)c1ccc(F)cc1. The van der Waals surface area contributed by atoms with Crippen molar-refractivity contribution in [3.8, 4) is 0 Å². The van der Waals surface area contributed by atoms with Gasteiger partial charge in [-0.05, 0) is 54.4 Å². The number of carbonyl (C=O) groups is 1. The van der Waals surface area contributed by atoms with Gasteiger partial charge in [0, 0.05) is 6.42 Å². The second kappa shape index (κ2) is 8.35. The number of benzene rings is 2. The molecule has 1 aromatic heterocycles.